The Kier molecular flexibility index (Phi) is 4.75. The van der Waals surface area contributed by atoms with Crippen molar-refractivity contribution in [2.24, 2.45) is 0 Å². The number of aliphatic hydroxyl groups is 1. The fourth-order valence-electron chi connectivity index (χ4n) is 2.38. The fraction of sp³-hybridized carbons (Fsp3) is 0.600. The first-order chi connectivity index (χ1) is 8.66. The predicted octanol–water partition coefficient (Wildman–Crippen LogP) is 2.53. The molecule has 3 nitrogen and oxygen atoms in total. The molecule has 2 unspecified atom stereocenters. The average Bonchev–Trinajstić information content (AvgIpc) is 2.81. The quantitative estimate of drug-likeness (QED) is 0.872. The molecule has 2 atom stereocenters. The van der Waals surface area contributed by atoms with Crippen molar-refractivity contribution in [2.75, 3.05) is 19.8 Å². The highest BCUT2D eigenvalue weighted by Crippen LogP contribution is 2.20. The smallest absolute Gasteiger partial charge is 0.103 e. The summed E-state index contributed by atoms with van der Waals surface area (Å²) in [5.74, 6) is 0. The van der Waals surface area contributed by atoms with E-state index in [2.05, 4.69) is 13.0 Å². The van der Waals surface area contributed by atoms with Crippen LogP contribution in [-0.2, 0) is 9.47 Å². The number of rotatable bonds is 5. The Labute approximate surface area is 109 Å². The van der Waals surface area contributed by atoms with Crippen LogP contribution in [0.15, 0.2) is 18.2 Å². The monoisotopic (exact) mass is 250 g/mol. The van der Waals surface area contributed by atoms with E-state index in [4.69, 9.17) is 9.47 Å². The number of hydrogen-bond donors (Lipinski definition) is 1. The Morgan fingerprint density at radius 3 is 2.94 bits per heavy atom. The van der Waals surface area contributed by atoms with Crippen LogP contribution in [0.4, 0.5) is 0 Å². The van der Waals surface area contributed by atoms with Gasteiger partial charge in [-0.3, -0.25) is 0 Å². The number of ether oxygens (including phenoxy) is 2. The molecule has 1 heterocycles. The molecule has 0 amide bonds. The number of hydrogen-bond acceptors (Lipinski definition) is 3. The van der Waals surface area contributed by atoms with E-state index in [1.54, 1.807) is 0 Å². The maximum Gasteiger partial charge on any atom is 0.103 e. The van der Waals surface area contributed by atoms with Crippen molar-refractivity contribution in [3.05, 3.63) is 34.9 Å². The molecular weight excluding hydrogens is 228 g/mol. The van der Waals surface area contributed by atoms with Crippen molar-refractivity contribution < 1.29 is 14.6 Å². The van der Waals surface area contributed by atoms with Gasteiger partial charge in [0.25, 0.3) is 0 Å². The van der Waals surface area contributed by atoms with E-state index >= 15 is 0 Å². The highest BCUT2D eigenvalue weighted by Gasteiger charge is 2.17. The second kappa shape index (κ2) is 6.32. The van der Waals surface area contributed by atoms with Gasteiger partial charge in [-0.05, 0) is 37.8 Å². The third-order valence-electron chi connectivity index (χ3n) is 3.39. The molecule has 3 heteroatoms. The molecule has 1 aliphatic rings. The van der Waals surface area contributed by atoms with E-state index in [-0.39, 0.29) is 6.10 Å². The molecule has 1 aromatic rings. The van der Waals surface area contributed by atoms with Gasteiger partial charge >= 0.3 is 0 Å². The van der Waals surface area contributed by atoms with Crippen LogP contribution in [0, 0.1) is 13.8 Å². The van der Waals surface area contributed by atoms with E-state index < -0.39 is 6.10 Å². The van der Waals surface area contributed by atoms with Gasteiger partial charge in [-0.15, -0.1) is 0 Å². The van der Waals surface area contributed by atoms with Crippen molar-refractivity contribution in [1.29, 1.82) is 0 Å². The molecule has 1 fully saturated rings. The van der Waals surface area contributed by atoms with Crippen molar-refractivity contribution in [2.45, 2.75) is 38.9 Å². The molecule has 1 saturated heterocycles. The normalized spacial score (nSPS) is 21.2. The second-order valence-electron chi connectivity index (χ2n) is 5.05. The zero-order valence-corrected chi connectivity index (χ0v) is 11.2. The van der Waals surface area contributed by atoms with E-state index in [9.17, 15) is 5.11 Å². The van der Waals surface area contributed by atoms with Crippen LogP contribution in [0.25, 0.3) is 0 Å². The Morgan fingerprint density at radius 2 is 2.28 bits per heavy atom. The maximum absolute atomic E-state index is 10.1. The van der Waals surface area contributed by atoms with Gasteiger partial charge < -0.3 is 14.6 Å². The molecule has 2 rings (SSSR count). The first-order valence-electron chi connectivity index (χ1n) is 6.61. The summed E-state index contributed by atoms with van der Waals surface area (Å²) in [5.41, 5.74) is 3.28. The summed E-state index contributed by atoms with van der Waals surface area (Å²) in [4.78, 5) is 0. The molecule has 0 bridgehead atoms. The summed E-state index contributed by atoms with van der Waals surface area (Å²) in [6.07, 6.45) is 1.86. The second-order valence-corrected chi connectivity index (χ2v) is 5.05. The van der Waals surface area contributed by atoms with Crippen LogP contribution in [0.1, 0.15) is 35.6 Å². The summed E-state index contributed by atoms with van der Waals surface area (Å²) in [6.45, 7) is 5.84. The minimum atomic E-state index is -0.549. The van der Waals surface area contributed by atoms with Gasteiger partial charge in [-0.2, -0.15) is 0 Å². The number of aliphatic hydroxyl groups excluding tert-OH is 1. The third kappa shape index (κ3) is 3.55. The third-order valence-corrected chi connectivity index (χ3v) is 3.39. The van der Waals surface area contributed by atoms with Crippen molar-refractivity contribution in [3.8, 4) is 0 Å². The molecular formula is C15H22O3. The SMILES string of the molecule is Cc1ccc(C(O)COCC2CCCO2)c(C)c1. The summed E-state index contributed by atoms with van der Waals surface area (Å²) in [7, 11) is 0. The van der Waals surface area contributed by atoms with Crippen molar-refractivity contribution >= 4 is 0 Å². The molecule has 18 heavy (non-hydrogen) atoms. The molecule has 0 aromatic heterocycles. The molecule has 1 aliphatic heterocycles. The average molecular weight is 250 g/mol. The maximum atomic E-state index is 10.1. The molecule has 100 valence electrons. The van der Waals surface area contributed by atoms with Gasteiger partial charge in [-0.1, -0.05) is 23.8 Å². The first kappa shape index (κ1) is 13.5. The van der Waals surface area contributed by atoms with Gasteiger partial charge in [-0.25, -0.2) is 0 Å². The van der Waals surface area contributed by atoms with E-state index in [0.29, 0.717) is 13.2 Å². The molecule has 0 saturated carbocycles. The Bertz CT molecular complexity index is 383. The lowest BCUT2D eigenvalue weighted by molar-refractivity contribution is -0.0177. The standard InChI is InChI=1S/C15H22O3/c1-11-5-6-14(12(2)8-11)15(16)10-17-9-13-4-3-7-18-13/h5-6,8,13,15-16H,3-4,7,9-10H2,1-2H3. The first-order valence-corrected chi connectivity index (χ1v) is 6.61. The van der Waals surface area contributed by atoms with Crippen LogP contribution in [0.5, 0.6) is 0 Å². The zero-order valence-electron chi connectivity index (χ0n) is 11.2. The highest BCUT2D eigenvalue weighted by molar-refractivity contribution is 5.31. The van der Waals surface area contributed by atoms with Crippen molar-refractivity contribution in [1.82, 2.24) is 0 Å². The van der Waals surface area contributed by atoms with Gasteiger partial charge in [0.15, 0.2) is 0 Å². The molecule has 1 aromatic carbocycles. The summed E-state index contributed by atoms with van der Waals surface area (Å²) in [6, 6.07) is 6.08. The summed E-state index contributed by atoms with van der Waals surface area (Å²) in [5, 5.41) is 10.1. The van der Waals surface area contributed by atoms with Crippen LogP contribution >= 0.6 is 0 Å². The Morgan fingerprint density at radius 1 is 1.44 bits per heavy atom. The summed E-state index contributed by atoms with van der Waals surface area (Å²) < 4.78 is 11.0. The lowest BCUT2D eigenvalue weighted by atomic mass is 10.0. The van der Waals surface area contributed by atoms with E-state index in [1.165, 1.54) is 5.56 Å². The Balaban J connectivity index is 1.81. The fourth-order valence-corrected chi connectivity index (χ4v) is 2.38. The van der Waals surface area contributed by atoms with Crippen molar-refractivity contribution in [3.63, 3.8) is 0 Å². The lowest BCUT2D eigenvalue weighted by Gasteiger charge is -2.16. The van der Waals surface area contributed by atoms with Crippen LogP contribution in [0.3, 0.4) is 0 Å². The lowest BCUT2D eigenvalue weighted by Crippen LogP contribution is -2.17. The minimum Gasteiger partial charge on any atom is -0.386 e. The Hall–Kier alpha value is -0.900. The van der Waals surface area contributed by atoms with Gasteiger partial charge in [0.05, 0.1) is 19.3 Å². The van der Waals surface area contributed by atoms with E-state index in [0.717, 1.165) is 30.6 Å². The molecule has 0 spiro atoms. The van der Waals surface area contributed by atoms with E-state index in [1.807, 2.05) is 19.1 Å². The highest BCUT2D eigenvalue weighted by atomic mass is 16.5. The number of aryl methyl sites for hydroxylation is 2. The molecule has 1 N–H and O–H groups in total. The van der Waals surface area contributed by atoms with Gasteiger partial charge in [0.1, 0.15) is 6.10 Å². The molecule has 0 aliphatic carbocycles. The van der Waals surface area contributed by atoms with Crippen LogP contribution < -0.4 is 0 Å². The number of benzene rings is 1. The van der Waals surface area contributed by atoms with Gasteiger partial charge in [0, 0.05) is 6.61 Å². The summed E-state index contributed by atoms with van der Waals surface area (Å²) >= 11 is 0. The predicted molar refractivity (Wildman–Crippen MR) is 70.7 cm³/mol. The topological polar surface area (TPSA) is 38.7 Å². The zero-order chi connectivity index (χ0) is 13.0. The largest absolute Gasteiger partial charge is 0.386 e. The van der Waals surface area contributed by atoms with Crippen LogP contribution in [-0.4, -0.2) is 31.0 Å². The van der Waals surface area contributed by atoms with Gasteiger partial charge in [0.2, 0.25) is 0 Å². The van der Waals surface area contributed by atoms with Crippen LogP contribution in [0.2, 0.25) is 0 Å². The molecule has 0 radical (unpaired) electrons. The minimum absolute atomic E-state index is 0.219.